The summed E-state index contributed by atoms with van der Waals surface area (Å²) < 4.78 is 74.8. The van der Waals surface area contributed by atoms with Crippen LogP contribution in [0.25, 0.3) is 0 Å². The minimum atomic E-state index is -4.74. The van der Waals surface area contributed by atoms with Crippen LogP contribution in [0.4, 0.5) is 26.3 Å². The summed E-state index contributed by atoms with van der Waals surface area (Å²) in [4.78, 5) is 0. The van der Waals surface area contributed by atoms with Gasteiger partial charge in [0, 0.05) is 0 Å². The van der Waals surface area contributed by atoms with E-state index in [1.54, 1.807) is 0 Å². The Bertz CT molecular complexity index is 365. The molecule has 0 aliphatic rings. The van der Waals surface area contributed by atoms with Crippen molar-refractivity contribution in [2.24, 2.45) is 5.92 Å². The predicted molar refractivity (Wildman–Crippen MR) is 57.9 cm³/mol. The number of alkyl halides is 6. The molecule has 18 heavy (non-hydrogen) atoms. The van der Waals surface area contributed by atoms with E-state index in [-0.39, 0.29) is 0 Å². The SMILES string of the molecule is C=C(/C(=C\C(=C/C)C(F)(F)F)C(C)C)C(F)(F)F. The van der Waals surface area contributed by atoms with Crippen LogP contribution < -0.4 is 0 Å². The van der Waals surface area contributed by atoms with Crippen LogP contribution in [0.3, 0.4) is 0 Å². The van der Waals surface area contributed by atoms with Crippen molar-refractivity contribution in [3.05, 3.63) is 35.5 Å². The van der Waals surface area contributed by atoms with Crippen LogP contribution in [-0.4, -0.2) is 12.4 Å². The molecule has 0 fully saturated rings. The molecular weight excluding hydrogens is 258 g/mol. The van der Waals surface area contributed by atoms with Crippen molar-refractivity contribution >= 4 is 0 Å². The molecule has 6 heteroatoms. The molecule has 0 rings (SSSR count). The minimum Gasteiger partial charge on any atom is -0.166 e. The highest BCUT2D eigenvalue weighted by Crippen LogP contribution is 2.36. The van der Waals surface area contributed by atoms with Gasteiger partial charge in [-0.05, 0) is 24.5 Å². The molecule has 0 aromatic rings. The number of hydrogen-bond acceptors (Lipinski definition) is 0. The molecule has 0 amide bonds. The molecule has 0 aromatic heterocycles. The van der Waals surface area contributed by atoms with E-state index in [1.807, 2.05) is 0 Å². The second kappa shape index (κ2) is 5.63. The van der Waals surface area contributed by atoms with Gasteiger partial charge < -0.3 is 0 Å². The number of hydrogen-bond donors (Lipinski definition) is 0. The van der Waals surface area contributed by atoms with Gasteiger partial charge in [0.15, 0.2) is 0 Å². The number of rotatable bonds is 3. The lowest BCUT2D eigenvalue weighted by molar-refractivity contribution is -0.0920. The monoisotopic (exact) mass is 272 g/mol. The first-order valence-electron chi connectivity index (χ1n) is 5.12. The molecule has 0 bridgehead atoms. The zero-order valence-electron chi connectivity index (χ0n) is 10.2. The molecule has 0 radical (unpaired) electrons. The molecule has 0 saturated carbocycles. The van der Waals surface area contributed by atoms with E-state index in [9.17, 15) is 26.3 Å². The molecule has 0 aromatic carbocycles. The molecule has 0 heterocycles. The van der Waals surface area contributed by atoms with Gasteiger partial charge in [0.25, 0.3) is 0 Å². The van der Waals surface area contributed by atoms with Crippen molar-refractivity contribution in [1.29, 1.82) is 0 Å². The van der Waals surface area contributed by atoms with Gasteiger partial charge in [0.2, 0.25) is 0 Å². The van der Waals surface area contributed by atoms with Crippen molar-refractivity contribution in [3.63, 3.8) is 0 Å². The zero-order valence-corrected chi connectivity index (χ0v) is 10.2. The van der Waals surface area contributed by atoms with Gasteiger partial charge in [0.05, 0.1) is 11.1 Å². The fraction of sp³-hybridized carbons (Fsp3) is 0.500. The third kappa shape index (κ3) is 4.58. The average Bonchev–Trinajstić information content (AvgIpc) is 2.14. The van der Waals surface area contributed by atoms with Crippen LogP contribution >= 0.6 is 0 Å². The van der Waals surface area contributed by atoms with Crippen molar-refractivity contribution in [1.82, 2.24) is 0 Å². The van der Waals surface area contributed by atoms with Crippen LogP contribution in [-0.2, 0) is 0 Å². The average molecular weight is 272 g/mol. The molecule has 0 nitrogen and oxygen atoms in total. The Morgan fingerprint density at radius 1 is 1.00 bits per heavy atom. The Morgan fingerprint density at radius 2 is 1.44 bits per heavy atom. The molecule has 0 unspecified atom stereocenters. The Kier molecular flexibility index (Phi) is 5.25. The molecule has 0 spiro atoms. The topological polar surface area (TPSA) is 0 Å². The molecule has 0 aliphatic heterocycles. The molecule has 104 valence electrons. The lowest BCUT2D eigenvalue weighted by Crippen LogP contribution is -2.17. The van der Waals surface area contributed by atoms with E-state index in [1.165, 1.54) is 13.8 Å². The van der Waals surface area contributed by atoms with Crippen LogP contribution in [0.15, 0.2) is 35.5 Å². The molecule has 0 saturated heterocycles. The second-order valence-electron chi connectivity index (χ2n) is 3.97. The van der Waals surface area contributed by atoms with Gasteiger partial charge >= 0.3 is 12.4 Å². The van der Waals surface area contributed by atoms with Crippen molar-refractivity contribution < 1.29 is 26.3 Å². The van der Waals surface area contributed by atoms with E-state index in [2.05, 4.69) is 6.58 Å². The predicted octanol–water partition coefficient (Wildman–Crippen LogP) is 5.20. The maximum absolute atomic E-state index is 12.5. The van der Waals surface area contributed by atoms with E-state index in [0.717, 1.165) is 13.0 Å². The van der Waals surface area contributed by atoms with Gasteiger partial charge in [0.1, 0.15) is 0 Å². The summed E-state index contributed by atoms with van der Waals surface area (Å²) in [6.45, 7) is 6.71. The van der Waals surface area contributed by atoms with E-state index in [0.29, 0.717) is 6.08 Å². The van der Waals surface area contributed by atoms with Crippen LogP contribution in [0.1, 0.15) is 20.8 Å². The first-order chi connectivity index (χ1) is 7.91. The summed E-state index contributed by atoms with van der Waals surface area (Å²) in [7, 11) is 0. The normalized spacial score (nSPS) is 15.2. The van der Waals surface area contributed by atoms with Gasteiger partial charge in [-0.15, -0.1) is 0 Å². The van der Waals surface area contributed by atoms with Gasteiger partial charge in [-0.3, -0.25) is 0 Å². The van der Waals surface area contributed by atoms with Gasteiger partial charge in [-0.1, -0.05) is 26.5 Å². The van der Waals surface area contributed by atoms with E-state index in [4.69, 9.17) is 0 Å². The summed E-state index contributed by atoms with van der Waals surface area (Å²) in [5.41, 5.74) is -2.83. The first-order valence-corrected chi connectivity index (χ1v) is 5.12. The van der Waals surface area contributed by atoms with Crippen molar-refractivity contribution in [2.45, 2.75) is 33.1 Å². The molecular formula is C12H14F6. The lowest BCUT2D eigenvalue weighted by Gasteiger charge is -2.18. The lowest BCUT2D eigenvalue weighted by atomic mass is 9.93. The summed E-state index contributed by atoms with van der Waals surface area (Å²) in [6.07, 6.45) is -8.19. The quantitative estimate of drug-likeness (QED) is 0.489. The highest BCUT2D eigenvalue weighted by atomic mass is 19.4. The Morgan fingerprint density at radius 3 is 1.67 bits per heavy atom. The second-order valence-corrected chi connectivity index (χ2v) is 3.97. The summed E-state index contributed by atoms with van der Waals surface area (Å²) in [5, 5.41) is 0. The third-order valence-electron chi connectivity index (χ3n) is 2.26. The maximum Gasteiger partial charge on any atom is 0.416 e. The first kappa shape index (κ1) is 16.8. The van der Waals surface area contributed by atoms with Crippen LogP contribution in [0, 0.1) is 5.92 Å². The summed E-state index contributed by atoms with van der Waals surface area (Å²) in [5.74, 6) is -0.712. The fourth-order valence-electron chi connectivity index (χ4n) is 1.26. The fourth-order valence-corrected chi connectivity index (χ4v) is 1.26. The summed E-state index contributed by atoms with van der Waals surface area (Å²) >= 11 is 0. The Labute approximate surface area is 102 Å². The van der Waals surface area contributed by atoms with Crippen molar-refractivity contribution in [3.8, 4) is 0 Å². The van der Waals surface area contributed by atoms with Crippen molar-refractivity contribution in [2.75, 3.05) is 0 Å². The number of halogens is 6. The highest BCUT2D eigenvalue weighted by molar-refractivity contribution is 5.40. The van der Waals surface area contributed by atoms with Gasteiger partial charge in [-0.2, -0.15) is 26.3 Å². The molecule has 0 aliphatic carbocycles. The largest absolute Gasteiger partial charge is 0.416 e. The van der Waals surface area contributed by atoms with Gasteiger partial charge in [-0.25, -0.2) is 0 Å². The standard InChI is InChI=1S/C12H14F6/c1-5-9(12(16,17)18)6-10(7(2)3)8(4)11(13,14)15/h5-7H,4H2,1-3H3/b9-5+,10-6-. The molecule has 0 N–H and O–H groups in total. The van der Waals surface area contributed by atoms with E-state index < -0.39 is 35.0 Å². The highest BCUT2D eigenvalue weighted by Gasteiger charge is 2.37. The zero-order chi connectivity index (χ0) is 14.7. The number of allylic oxidation sites excluding steroid dienone is 5. The van der Waals surface area contributed by atoms with E-state index >= 15 is 0 Å². The Hall–Kier alpha value is -1.20. The third-order valence-corrected chi connectivity index (χ3v) is 2.26. The Balaban J connectivity index is 5.59. The molecule has 0 atom stereocenters. The summed E-state index contributed by atoms with van der Waals surface area (Å²) in [6, 6.07) is 0. The maximum atomic E-state index is 12.5. The smallest absolute Gasteiger partial charge is 0.166 e. The minimum absolute atomic E-state index is 0.465. The van der Waals surface area contributed by atoms with Crippen LogP contribution in [0.5, 0.6) is 0 Å². The van der Waals surface area contributed by atoms with Crippen LogP contribution in [0.2, 0.25) is 0 Å².